The summed E-state index contributed by atoms with van der Waals surface area (Å²) in [5.74, 6) is 0. The van der Waals surface area contributed by atoms with Gasteiger partial charge in [0.15, 0.2) is 0 Å². The first-order valence-corrected chi connectivity index (χ1v) is 5.72. The van der Waals surface area contributed by atoms with Crippen LogP contribution >= 0.6 is 0 Å². The molecule has 0 amide bonds. The van der Waals surface area contributed by atoms with Crippen LogP contribution in [0.3, 0.4) is 0 Å². The molecule has 1 heterocycles. The molecule has 1 saturated heterocycles. The zero-order valence-corrected chi connectivity index (χ0v) is 10.3. The Hall–Kier alpha value is -0.160. The lowest BCUT2D eigenvalue weighted by Gasteiger charge is -2.37. The molecule has 15 heavy (non-hydrogen) atoms. The van der Waals surface area contributed by atoms with Crippen molar-refractivity contribution in [1.29, 1.82) is 0 Å². The Bertz CT molecular complexity index is 177. The predicted octanol–water partition coefficient (Wildman–Crippen LogP) is -0.0123. The van der Waals surface area contributed by atoms with Gasteiger partial charge in [-0.25, -0.2) is 0 Å². The van der Waals surface area contributed by atoms with E-state index >= 15 is 0 Å². The van der Waals surface area contributed by atoms with Crippen molar-refractivity contribution in [2.24, 2.45) is 5.73 Å². The summed E-state index contributed by atoms with van der Waals surface area (Å²) in [5.41, 5.74) is 6.19. The zero-order chi connectivity index (χ0) is 11.3. The van der Waals surface area contributed by atoms with Crippen molar-refractivity contribution in [3.05, 3.63) is 0 Å². The SMILES string of the molecule is CN(C)CCOCC1(N)CCN(C)CC1. The van der Waals surface area contributed by atoms with Crippen LogP contribution in [0.1, 0.15) is 12.8 Å². The molecule has 0 spiro atoms. The maximum absolute atomic E-state index is 6.27. The average Bonchev–Trinajstić information content (AvgIpc) is 2.18. The lowest BCUT2D eigenvalue weighted by molar-refractivity contribution is 0.0475. The van der Waals surface area contributed by atoms with Crippen LogP contribution in [0.5, 0.6) is 0 Å². The van der Waals surface area contributed by atoms with Crippen molar-refractivity contribution in [2.75, 3.05) is 54.0 Å². The van der Waals surface area contributed by atoms with Gasteiger partial charge in [0, 0.05) is 12.1 Å². The van der Waals surface area contributed by atoms with Crippen molar-refractivity contribution in [3.63, 3.8) is 0 Å². The van der Waals surface area contributed by atoms with Crippen LogP contribution in [0.15, 0.2) is 0 Å². The quantitative estimate of drug-likeness (QED) is 0.655. The van der Waals surface area contributed by atoms with Crippen molar-refractivity contribution >= 4 is 0 Å². The third-order valence-corrected chi connectivity index (χ3v) is 3.06. The van der Waals surface area contributed by atoms with Gasteiger partial charge in [0.05, 0.1) is 13.2 Å². The smallest absolute Gasteiger partial charge is 0.0647 e. The van der Waals surface area contributed by atoms with Crippen molar-refractivity contribution < 1.29 is 4.74 Å². The van der Waals surface area contributed by atoms with E-state index in [1.807, 2.05) is 0 Å². The Morgan fingerprint density at radius 2 is 1.93 bits per heavy atom. The fourth-order valence-corrected chi connectivity index (χ4v) is 1.73. The highest BCUT2D eigenvalue weighted by atomic mass is 16.5. The molecule has 90 valence electrons. The van der Waals surface area contributed by atoms with Crippen LogP contribution in [-0.4, -0.2) is 69.3 Å². The number of nitrogens with two attached hydrogens (primary N) is 1. The van der Waals surface area contributed by atoms with Crippen LogP contribution in [0, 0.1) is 0 Å². The van der Waals surface area contributed by atoms with Crippen molar-refractivity contribution in [1.82, 2.24) is 9.80 Å². The molecule has 4 heteroatoms. The number of likely N-dealkylation sites (N-methyl/N-ethyl adjacent to an activating group) is 1. The van der Waals surface area contributed by atoms with Gasteiger partial charge in [-0.05, 0) is 47.1 Å². The van der Waals surface area contributed by atoms with Gasteiger partial charge in [-0.2, -0.15) is 0 Å². The summed E-state index contributed by atoms with van der Waals surface area (Å²) in [6.45, 7) is 4.63. The first-order chi connectivity index (χ1) is 7.02. The average molecular weight is 215 g/mol. The molecule has 4 nitrogen and oxygen atoms in total. The Labute approximate surface area is 93.4 Å². The van der Waals surface area contributed by atoms with Crippen molar-refractivity contribution in [3.8, 4) is 0 Å². The number of hydrogen-bond donors (Lipinski definition) is 1. The van der Waals surface area contributed by atoms with Crippen LogP contribution in [-0.2, 0) is 4.74 Å². The summed E-state index contributed by atoms with van der Waals surface area (Å²) in [6, 6.07) is 0. The summed E-state index contributed by atoms with van der Waals surface area (Å²) >= 11 is 0. The third kappa shape index (κ3) is 4.93. The lowest BCUT2D eigenvalue weighted by Crippen LogP contribution is -2.52. The van der Waals surface area contributed by atoms with Gasteiger partial charge >= 0.3 is 0 Å². The van der Waals surface area contributed by atoms with E-state index in [9.17, 15) is 0 Å². The minimum atomic E-state index is -0.0845. The highest BCUT2D eigenvalue weighted by Gasteiger charge is 2.29. The number of likely N-dealkylation sites (tertiary alicyclic amines) is 1. The van der Waals surface area contributed by atoms with Gasteiger partial charge in [0.2, 0.25) is 0 Å². The second-order valence-corrected chi connectivity index (χ2v) is 5.02. The predicted molar refractivity (Wildman–Crippen MR) is 63.0 cm³/mol. The van der Waals surface area contributed by atoms with Crippen LogP contribution in [0.4, 0.5) is 0 Å². The van der Waals surface area contributed by atoms with E-state index in [0.29, 0.717) is 6.61 Å². The summed E-state index contributed by atoms with van der Waals surface area (Å²) < 4.78 is 5.64. The second kappa shape index (κ2) is 5.80. The van der Waals surface area contributed by atoms with E-state index in [2.05, 4.69) is 30.9 Å². The standard InChI is InChI=1S/C11H25N3O/c1-13(2)8-9-15-10-11(12)4-6-14(3)7-5-11/h4-10,12H2,1-3H3. The lowest BCUT2D eigenvalue weighted by atomic mass is 9.90. The topological polar surface area (TPSA) is 41.7 Å². The normalized spacial score (nSPS) is 22.2. The minimum Gasteiger partial charge on any atom is -0.378 e. The van der Waals surface area contributed by atoms with E-state index in [4.69, 9.17) is 10.5 Å². The maximum atomic E-state index is 6.27. The van der Waals surface area contributed by atoms with E-state index in [0.717, 1.165) is 39.1 Å². The van der Waals surface area contributed by atoms with E-state index < -0.39 is 0 Å². The monoisotopic (exact) mass is 215 g/mol. The Morgan fingerprint density at radius 1 is 1.33 bits per heavy atom. The Morgan fingerprint density at radius 3 is 2.47 bits per heavy atom. The number of hydrogen-bond acceptors (Lipinski definition) is 4. The van der Waals surface area contributed by atoms with E-state index in [1.165, 1.54) is 0 Å². The third-order valence-electron chi connectivity index (χ3n) is 3.06. The molecular weight excluding hydrogens is 190 g/mol. The number of ether oxygens (including phenoxy) is 1. The summed E-state index contributed by atoms with van der Waals surface area (Å²) in [5, 5.41) is 0. The molecule has 1 aliphatic heterocycles. The van der Waals surface area contributed by atoms with Gasteiger partial charge in [-0.3, -0.25) is 0 Å². The largest absolute Gasteiger partial charge is 0.378 e. The van der Waals surface area contributed by atoms with Crippen LogP contribution in [0.25, 0.3) is 0 Å². The number of rotatable bonds is 5. The first-order valence-electron chi connectivity index (χ1n) is 5.72. The van der Waals surface area contributed by atoms with Gasteiger partial charge in [0.1, 0.15) is 0 Å². The highest BCUT2D eigenvalue weighted by Crippen LogP contribution is 2.18. The second-order valence-electron chi connectivity index (χ2n) is 5.02. The molecule has 0 aromatic carbocycles. The van der Waals surface area contributed by atoms with Gasteiger partial charge in [0.25, 0.3) is 0 Å². The van der Waals surface area contributed by atoms with Gasteiger partial charge in [-0.1, -0.05) is 0 Å². The molecule has 0 radical (unpaired) electrons. The van der Waals surface area contributed by atoms with Gasteiger partial charge in [-0.15, -0.1) is 0 Å². The first kappa shape index (κ1) is 12.9. The summed E-state index contributed by atoms with van der Waals surface area (Å²) in [4.78, 5) is 4.45. The van der Waals surface area contributed by atoms with Crippen molar-refractivity contribution in [2.45, 2.75) is 18.4 Å². The van der Waals surface area contributed by atoms with E-state index in [1.54, 1.807) is 0 Å². The Balaban J connectivity index is 2.14. The molecule has 1 fully saturated rings. The molecule has 1 aliphatic rings. The molecule has 0 saturated carbocycles. The van der Waals surface area contributed by atoms with Gasteiger partial charge < -0.3 is 20.3 Å². The fourth-order valence-electron chi connectivity index (χ4n) is 1.73. The molecular formula is C11H25N3O. The molecule has 0 aromatic rings. The zero-order valence-electron chi connectivity index (χ0n) is 10.3. The summed E-state index contributed by atoms with van der Waals surface area (Å²) in [7, 11) is 6.25. The molecule has 0 aromatic heterocycles. The van der Waals surface area contributed by atoms with Crippen LogP contribution in [0.2, 0.25) is 0 Å². The van der Waals surface area contributed by atoms with Crippen LogP contribution < -0.4 is 5.73 Å². The van der Waals surface area contributed by atoms with E-state index in [-0.39, 0.29) is 5.54 Å². The molecule has 0 atom stereocenters. The molecule has 2 N–H and O–H groups in total. The fraction of sp³-hybridized carbons (Fsp3) is 1.00. The number of piperidine rings is 1. The molecule has 1 rings (SSSR count). The number of nitrogens with zero attached hydrogens (tertiary/aromatic N) is 2. The maximum Gasteiger partial charge on any atom is 0.0647 e. The highest BCUT2D eigenvalue weighted by molar-refractivity contribution is 4.89. The minimum absolute atomic E-state index is 0.0845. The Kier molecular flexibility index (Phi) is 4.99. The summed E-state index contributed by atoms with van der Waals surface area (Å²) in [6.07, 6.45) is 2.09. The molecule has 0 unspecified atom stereocenters. The molecule has 0 bridgehead atoms. The molecule has 0 aliphatic carbocycles.